The third-order valence-corrected chi connectivity index (χ3v) is 9.78. The van der Waals surface area contributed by atoms with Crippen LogP contribution in [0.1, 0.15) is 103 Å². The van der Waals surface area contributed by atoms with Gasteiger partial charge < -0.3 is 8.85 Å². The molecule has 0 unspecified atom stereocenters. The largest absolute Gasteiger partial charge is 0.394 e. The van der Waals surface area contributed by atoms with Crippen molar-refractivity contribution in [3.63, 3.8) is 0 Å². The highest BCUT2D eigenvalue weighted by Crippen LogP contribution is 2.27. The molecule has 0 aromatic heterocycles. The molecule has 1 aromatic rings. The predicted molar refractivity (Wildman–Crippen MR) is 125 cm³/mol. The Kier molecular flexibility index (Phi) is 15.1. The lowest BCUT2D eigenvalue weighted by molar-refractivity contribution is 0.153. The molecule has 0 bridgehead atoms. The molecular weight excluding hydrogens is 455 g/mol. The molecule has 1 rings (SSSR count). The van der Waals surface area contributed by atoms with Gasteiger partial charge in [0.25, 0.3) is 0 Å². The molecule has 0 radical (unpaired) electrons. The quantitative estimate of drug-likeness (QED) is 0.0625. The zero-order valence-corrected chi connectivity index (χ0v) is 21.5. The van der Waals surface area contributed by atoms with Crippen molar-refractivity contribution in [3.8, 4) is 0 Å². The Morgan fingerprint density at radius 3 is 1.33 bits per heavy atom. The first kappa shape index (κ1) is 30.0. The number of hydrogen-bond acceptors (Lipinski definition) is 2. The predicted octanol–water partition coefficient (Wildman–Crippen LogP) is 9.10. The Labute approximate surface area is 197 Å². The first-order valence-electron chi connectivity index (χ1n) is 12.6. The minimum atomic E-state index is -2.79. The summed E-state index contributed by atoms with van der Waals surface area (Å²) in [5, 5.41) is 0. The lowest BCUT2D eigenvalue weighted by Crippen LogP contribution is -2.41. The molecule has 0 atom stereocenters. The van der Waals surface area contributed by atoms with Gasteiger partial charge in [0.05, 0.1) is 12.2 Å². The van der Waals surface area contributed by atoms with Crippen LogP contribution in [0.5, 0.6) is 0 Å². The minimum absolute atomic E-state index is 0.475. The molecule has 0 saturated carbocycles. The number of benzene rings is 1. The topological polar surface area (TPSA) is 18.5 Å². The van der Waals surface area contributed by atoms with E-state index < -0.39 is 49.8 Å². The van der Waals surface area contributed by atoms with Gasteiger partial charge in [-0.15, -0.1) is 0 Å². The highest BCUT2D eigenvalue weighted by Gasteiger charge is 2.35. The average molecular weight is 497 g/mol. The average Bonchev–Trinajstić information content (AvgIpc) is 2.83. The fraction of sp³-hybridized carbons (Fsp3) is 0.760. The van der Waals surface area contributed by atoms with E-state index in [1.165, 1.54) is 57.8 Å². The second kappa shape index (κ2) is 16.6. The molecule has 0 heterocycles. The smallest absolute Gasteiger partial charge is 0.337 e. The van der Waals surface area contributed by atoms with Gasteiger partial charge in [0.15, 0.2) is 23.3 Å². The molecule has 2 nitrogen and oxygen atoms in total. The van der Waals surface area contributed by atoms with Crippen molar-refractivity contribution in [3.05, 3.63) is 34.6 Å². The van der Waals surface area contributed by atoms with Crippen LogP contribution in [0, 0.1) is 29.1 Å². The summed E-state index contributed by atoms with van der Waals surface area (Å²) in [7, 11) is -2.79. The van der Waals surface area contributed by atoms with Gasteiger partial charge in [0.2, 0.25) is 5.82 Å². The second-order valence-corrected chi connectivity index (χ2v) is 12.5. The van der Waals surface area contributed by atoms with Gasteiger partial charge in [-0.05, 0) is 18.5 Å². The third-order valence-electron chi connectivity index (χ3n) is 6.22. The maximum absolute atomic E-state index is 13.9. The summed E-state index contributed by atoms with van der Waals surface area (Å²) >= 11 is 0. The standard InChI is InChI=1S/C25H41F5O2Si/c1-4-7-8-9-10-11-12-13-14-15-16-17-18-31-33(5-2,6-3)32-19-20-21(26)23(28)25(30)24(29)22(20)27/h4-19H2,1-3H3. The summed E-state index contributed by atoms with van der Waals surface area (Å²) in [6.07, 6.45) is 14.7. The Morgan fingerprint density at radius 2 is 0.909 bits per heavy atom. The van der Waals surface area contributed by atoms with E-state index in [1.54, 1.807) is 0 Å². The summed E-state index contributed by atoms with van der Waals surface area (Å²) in [5.74, 6) is -9.76. The van der Waals surface area contributed by atoms with Crippen LogP contribution in [0.2, 0.25) is 12.1 Å². The van der Waals surface area contributed by atoms with E-state index >= 15 is 0 Å². The fourth-order valence-corrected chi connectivity index (χ4v) is 6.21. The van der Waals surface area contributed by atoms with E-state index in [2.05, 4.69) is 6.92 Å². The molecule has 0 spiro atoms. The van der Waals surface area contributed by atoms with Crippen molar-refractivity contribution < 1.29 is 30.8 Å². The van der Waals surface area contributed by atoms with E-state index in [-0.39, 0.29) is 0 Å². The molecule has 0 saturated heterocycles. The summed E-state index contributed by atoms with van der Waals surface area (Å²) in [6, 6.07) is 1.05. The number of rotatable bonds is 19. The van der Waals surface area contributed by atoms with Crippen molar-refractivity contribution >= 4 is 8.56 Å². The zero-order valence-electron chi connectivity index (χ0n) is 20.5. The van der Waals surface area contributed by atoms with Crippen LogP contribution in [0.15, 0.2) is 0 Å². The maximum Gasteiger partial charge on any atom is 0.337 e. The third kappa shape index (κ3) is 10.0. The maximum atomic E-state index is 13.9. The second-order valence-electron chi connectivity index (χ2n) is 8.69. The van der Waals surface area contributed by atoms with E-state index in [4.69, 9.17) is 8.85 Å². The molecular formula is C25H41F5O2Si. The van der Waals surface area contributed by atoms with Crippen LogP contribution in [0.25, 0.3) is 0 Å². The molecule has 8 heteroatoms. The number of hydrogen-bond donors (Lipinski definition) is 0. The summed E-state index contributed by atoms with van der Waals surface area (Å²) in [5.41, 5.74) is -0.945. The Hall–Kier alpha value is -0.993. The van der Waals surface area contributed by atoms with Crippen LogP contribution in [-0.2, 0) is 15.5 Å². The first-order valence-corrected chi connectivity index (χ1v) is 14.8. The molecule has 0 N–H and O–H groups in total. The number of halogens is 5. The van der Waals surface area contributed by atoms with Gasteiger partial charge in [-0.2, -0.15) is 0 Å². The molecule has 0 aliphatic rings. The Morgan fingerprint density at radius 1 is 0.515 bits per heavy atom. The van der Waals surface area contributed by atoms with Crippen molar-refractivity contribution in [2.24, 2.45) is 0 Å². The van der Waals surface area contributed by atoms with Crippen molar-refractivity contribution in [2.75, 3.05) is 6.61 Å². The van der Waals surface area contributed by atoms with Crippen LogP contribution in [-0.4, -0.2) is 15.2 Å². The molecule has 1 aromatic carbocycles. The van der Waals surface area contributed by atoms with Gasteiger partial charge in [-0.1, -0.05) is 91.4 Å². The van der Waals surface area contributed by atoms with E-state index in [9.17, 15) is 22.0 Å². The monoisotopic (exact) mass is 496 g/mol. The van der Waals surface area contributed by atoms with Gasteiger partial charge in [-0.3, -0.25) is 0 Å². The SMILES string of the molecule is CCCCCCCCCCCCCCO[Si](CC)(CC)OCc1c(F)c(F)c(F)c(F)c1F. The lowest BCUT2D eigenvalue weighted by atomic mass is 10.1. The van der Waals surface area contributed by atoms with Crippen LogP contribution in [0.4, 0.5) is 22.0 Å². The molecule has 33 heavy (non-hydrogen) atoms. The van der Waals surface area contributed by atoms with Gasteiger partial charge >= 0.3 is 8.56 Å². The van der Waals surface area contributed by atoms with Crippen molar-refractivity contribution in [2.45, 2.75) is 117 Å². The molecule has 0 amide bonds. The molecule has 192 valence electrons. The molecule has 0 aliphatic heterocycles. The van der Waals surface area contributed by atoms with Gasteiger partial charge in [0.1, 0.15) is 0 Å². The molecule has 0 aliphatic carbocycles. The Bertz CT molecular complexity index is 654. The van der Waals surface area contributed by atoms with Crippen molar-refractivity contribution in [1.82, 2.24) is 0 Å². The Balaban J connectivity index is 2.34. The van der Waals surface area contributed by atoms with Crippen LogP contribution < -0.4 is 0 Å². The lowest BCUT2D eigenvalue weighted by Gasteiger charge is -2.29. The highest BCUT2D eigenvalue weighted by atomic mass is 28.4. The van der Waals surface area contributed by atoms with Gasteiger partial charge in [-0.25, -0.2) is 22.0 Å². The highest BCUT2D eigenvalue weighted by molar-refractivity contribution is 6.67. The summed E-state index contributed by atoms with van der Waals surface area (Å²) < 4.78 is 79.7. The van der Waals surface area contributed by atoms with E-state index in [1.807, 2.05) is 13.8 Å². The summed E-state index contributed by atoms with van der Waals surface area (Å²) in [6.45, 7) is 5.72. The normalized spacial score (nSPS) is 12.0. The van der Waals surface area contributed by atoms with E-state index in [0.29, 0.717) is 18.7 Å². The van der Waals surface area contributed by atoms with Gasteiger partial charge in [0, 0.05) is 6.61 Å². The summed E-state index contributed by atoms with van der Waals surface area (Å²) in [4.78, 5) is 0. The van der Waals surface area contributed by atoms with E-state index in [0.717, 1.165) is 19.3 Å². The number of unbranched alkanes of at least 4 members (excludes halogenated alkanes) is 11. The molecule has 0 fully saturated rings. The zero-order chi connectivity index (χ0) is 24.7. The first-order chi connectivity index (χ1) is 15.8. The fourth-order valence-electron chi connectivity index (χ4n) is 3.88. The van der Waals surface area contributed by atoms with Crippen molar-refractivity contribution in [1.29, 1.82) is 0 Å². The van der Waals surface area contributed by atoms with Crippen LogP contribution >= 0.6 is 0 Å². The minimum Gasteiger partial charge on any atom is -0.394 e. The van der Waals surface area contributed by atoms with Crippen LogP contribution in [0.3, 0.4) is 0 Å².